The Balaban J connectivity index is 1.92. The van der Waals surface area contributed by atoms with Gasteiger partial charge in [0.2, 0.25) is 0 Å². The van der Waals surface area contributed by atoms with Crippen LogP contribution in [-0.2, 0) is 0 Å². The molecule has 1 amide bonds. The van der Waals surface area contributed by atoms with Gasteiger partial charge in [-0.3, -0.25) is 9.69 Å². The molecule has 1 aromatic rings. The van der Waals surface area contributed by atoms with Gasteiger partial charge in [-0.15, -0.1) is 17.9 Å². The molecular weight excluding hydrogens is 232 g/mol. The first-order valence-electron chi connectivity index (χ1n) is 5.88. The number of nitrogens with zero attached hydrogens (tertiary/aromatic N) is 2. The zero-order valence-electron chi connectivity index (χ0n) is 10.2. The number of carbonyl (C=O) groups excluding carboxylic acids is 1. The minimum atomic E-state index is 0.174. The molecule has 1 fully saturated rings. The Morgan fingerprint density at radius 2 is 2.18 bits per heavy atom. The summed E-state index contributed by atoms with van der Waals surface area (Å²) >= 11 is 1.63. The molecule has 2 heterocycles. The second kappa shape index (κ2) is 5.47. The Morgan fingerprint density at radius 1 is 1.47 bits per heavy atom. The lowest BCUT2D eigenvalue weighted by Gasteiger charge is -2.34. The summed E-state index contributed by atoms with van der Waals surface area (Å²) in [6, 6.07) is 1.98. The highest BCUT2D eigenvalue weighted by molar-refractivity contribution is 7.10. The van der Waals surface area contributed by atoms with Crippen molar-refractivity contribution in [1.29, 1.82) is 0 Å². The van der Waals surface area contributed by atoms with E-state index < -0.39 is 0 Å². The first-order chi connectivity index (χ1) is 8.20. The standard InChI is InChI=1S/C13H18N2OS/c1-3-4-14-5-7-15(8-6-14)13(16)12-9-11(2)17-10-12/h3,9-10H,1,4-8H2,2H3. The van der Waals surface area contributed by atoms with Gasteiger partial charge in [-0.05, 0) is 13.0 Å². The summed E-state index contributed by atoms with van der Waals surface area (Å²) in [5, 5.41) is 1.95. The summed E-state index contributed by atoms with van der Waals surface area (Å²) in [7, 11) is 0. The lowest BCUT2D eigenvalue weighted by Crippen LogP contribution is -2.48. The second-order valence-corrected chi connectivity index (χ2v) is 5.44. The number of thiophene rings is 1. The number of carbonyl (C=O) groups is 1. The summed E-state index contributed by atoms with van der Waals surface area (Å²) in [5.74, 6) is 0.174. The quantitative estimate of drug-likeness (QED) is 0.766. The van der Waals surface area contributed by atoms with Crippen molar-refractivity contribution in [3.05, 3.63) is 34.5 Å². The lowest BCUT2D eigenvalue weighted by atomic mass is 10.2. The molecule has 1 aliphatic rings. The van der Waals surface area contributed by atoms with Crippen molar-refractivity contribution in [3.63, 3.8) is 0 Å². The largest absolute Gasteiger partial charge is 0.336 e. The smallest absolute Gasteiger partial charge is 0.254 e. The third-order valence-electron chi connectivity index (χ3n) is 3.02. The van der Waals surface area contributed by atoms with E-state index in [1.165, 1.54) is 4.88 Å². The average Bonchev–Trinajstić information content (AvgIpc) is 2.76. The molecule has 0 unspecified atom stereocenters. The summed E-state index contributed by atoms with van der Waals surface area (Å²) in [5.41, 5.74) is 0.838. The Bertz CT molecular complexity index is 405. The van der Waals surface area contributed by atoms with Crippen LogP contribution in [0.25, 0.3) is 0 Å². The molecule has 0 atom stereocenters. The molecule has 0 saturated carbocycles. The van der Waals surface area contributed by atoms with Gasteiger partial charge < -0.3 is 4.90 Å². The number of hydrogen-bond donors (Lipinski definition) is 0. The highest BCUT2D eigenvalue weighted by atomic mass is 32.1. The van der Waals surface area contributed by atoms with Crippen LogP contribution in [0.2, 0.25) is 0 Å². The number of rotatable bonds is 3. The predicted octanol–water partition coefficient (Wildman–Crippen LogP) is 2.00. The van der Waals surface area contributed by atoms with E-state index in [-0.39, 0.29) is 5.91 Å². The fourth-order valence-corrected chi connectivity index (χ4v) is 2.73. The van der Waals surface area contributed by atoms with Gasteiger partial charge in [-0.25, -0.2) is 0 Å². The molecule has 4 heteroatoms. The first-order valence-corrected chi connectivity index (χ1v) is 6.76. The Hall–Kier alpha value is -1.13. The molecule has 0 bridgehead atoms. The van der Waals surface area contributed by atoms with Crippen LogP contribution in [-0.4, -0.2) is 48.4 Å². The molecule has 1 aliphatic heterocycles. The summed E-state index contributed by atoms with van der Waals surface area (Å²) in [4.78, 5) is 17.6. The van der Waals surface area contributed by atoms with Crippen LogP contribution >= 0.6 is 11.3 Å². The molecular formula is C13H18N2OS. The maximum Gasteiger partial charge on any atom is 0.254 e. The Morgan fingerprint density at radius 3 is 2.71 bits per heavy atom. The van der Waals surface area contributed by atoms with Crippen LogP contribution in [0.3, 0.4) is 0 Å². The number of hydrogen-bond acceptors (Lipinski definition) is 3. The molecule has 0 aliphatic carbocycles. The van der Waals surface area contributed by atoms with E-state index in [4.69, 9.17) is 0 Å². The Kier molecular flexibility index (Phi) is 3.97. The van der Waals surface area contributed by atoms with Gasteiger partial charge in [0.1, 0.15) is 0 Å². The third kappa shape index (κ3) is 2.96. The summed E-state index contributed by atoms with van der Waals surface area (Å²) in [6.45, 7) is 10.2. The topological polar surface area (TPSA) is 23.6 Å². The first kappa shape index (κ1) is 12.3. The molecule has 17 heavy (non-hydrogen) atoms. The van der Waals surface area contributed by atoms with E-state index in [9.17, 15) is 4.79 Å². The van der Waals surface area contributed by atoms with Crippen LogP contribution in [0.4, 0.5) is 0 Å². The molecule has 0 radical (unpaired) electrons. The predicted molar refractivity (Wildman–Crippen MR) is 71.6 cm³/mol. The van der Waals surface area contributed by atoms with E-state index >= 15 is 0 Å². The molecule has 1 aromatic heterocycles. The van der Waals surface area contributed by atoms with Crippen molar-refractivity contribution in [2.24, 2.45) is 0 Å². The van der Waals surface area contributed by atoms with Crippen LogP contribution < -0.4 is 0 Å². The molecule has 0 spiro atoms. The molecule has 1 saturated heterocycles. The molecule has 92 valence electrons. The second-order valence-electron chi connectivity index (χ2n) is 4.33. The van der Waals surface area contributed by atoms with Crippen molar-refractivity contribution >= 4 is 17.2 Å². The van der Waals surface area contributed by atoms with Crippen LogP contribution in [0.15, 0.2) is 24.1 Å². The maximum atomic E-state index is 12.2. The van der Waals surface area contributed by atoms with Gasteiger partial charge >= 0.3 is 0 Å². The van der Waals surface area contributed by atoms with E-state index in [1.54, 1.807) is 11.3 Å². The van der Waals surface area contributed by atoms with Gasteiger partial charge in [0.15, 0.2) is 0 Å². The minimum absolute atomic E-state index is 0.174. The number of aryl methyl sites for hydroxylation is 1. The molecule has 0 aromatic carbocycles. The average molecular weight is 250 g/mol. The van der Waals surface area contributed by atoms with Crippen LogP contribution in [0, 0.1) is 6.92 Å². The fraction of sp³-hybridized carbons (Fsp3) is 0.462. The van der Waals surface area contributed by atoms with Gasteiger partial charge in [0.25, 0.3) is 5.91 Å². The fourth-order valence-electron chi connectivity index (χ4n) is 2.05. The van der Waals surface area contributed by atoms with Crippen molar-refractivity contribution in [2.75, 3.05) is 32.7 Å². The number of amides is 1. The summed E-state index contributed by atoms with van der Waals surface area (Å²) in [6.07, 6.45) is 1.92. The van der Waals surface area contributed by atoms with E-state index in [2.05, 4.69) is 11.5 Å². The van der Waals surface area contributed by atoms with E-state index in [0.717, 1.165) is 38.3 Å². The molecule has 2 rings (SSSR count). The number of piperazine rings is 1. The monoisotopic (exact) mass is 250 g/mol. The zero-order chi connectivity index (χ0) is 12.3. The van der Waals surface area contributed by atoms with Crippen LogP contribution in [0.1, 0.15) is 15.2 Å². The SMILES string of the molecule is C=CCN1CCN(C(=O)c2csc(C)c2)CC1. The van der Waals surface area contributed by atoms with Crippen molar-refractivity contribution < 1.29 is 4.79 Å². The van der Waals surface area contributed by atoms with Gasteiger partial charge in [0.05, 0.1) is 5.56 Å². The van der Waals surface area contributed by atoms with Crippen LogP contribution in [0.5, 0.6) is 0 Å². The normalized spacial score (nSPS) is 17.1. The molecule has 3 nitrogen and oxygen atoms in total. The van der Waals surface area contributed by atoms with Crippen molar-refractivity contribution in [3.8, 4) is 0 Å². The van der Waals surface area contributed by atoms with Gasteiger partial charge in [-0.2, -0.15) is 0 Å². The molecule has 0 N–H and O–H groups in total. The van der Waals surface area contributed by atoms with Gasteiger partial charge in [-0.1, -0.05) is 6.08 Å². The minimum Gasteiger partial charge on any atom is -0.336 e. The Labute approximate surface area is 106 Å². The maximum absolute atomic E-state index is 12.2. The van der Waals surface area contributed by atoms with Gasteiger partial charge in [0, 0.05) is 43.0 Å². The zero-order valence-corrected chi connectivity index (χ0v) is 11.0. The lowest BCUT2D eigenvalue weighted by molar-refractivity contribution is 0.0651. The third-order valence-corrected chi connectivity index (χ3v) is 3.89. The highest BCUT2D eigenvalue weighted by Crippen LogP contribution is 2.16. The highest BCUT2D eigenvalue weighted by Gasteiger charge is 2.21. The van der Waals surface area contributed by atoms with E-state index in [1.807, 2.05) is 29.3 Å². The van der Waals surface area contributed by atoms with E-state index in [0.29, 0.717) is 0 Å². The summed E-state index contributed by atoms with van der Waals surface area (Å²) < 4.78 is 0. The van der Waals surface area contributed by atoms with Crippen molar-refractivity contribution in [2.45, 2.75) is 6.92 Å². The van der Waals surface area contributed by atoms with Crippen molar-refractivity contribution in [1.82, 2.24) is 9.80 Å².